The lowest BCUT2D eigenvalue weighted by Gasteiger charge is -2.30. The summed E-state index contributed by atoms with van der Waals surface area (Å²) < 4.78 is 4.95. The summed E-state index contributed by atoms with van der Waals surface area (Å²) in [5.41, 5.74) is 5.25. The largest absolute Gasteiger partial charge is 0.456 e. The second kappa shape index (κ2) is 8.75. The molecule has 1 aliphatic rings. The van der Waals surface area contributed by atoms with E-state index >= 15 is 0 Å². The van der Waals surface area contributed by atoms with Crippen molar-refractivity contribution in [3.63, 3.8) is 0 Å². The Morgan fingerprint density at radius 3 is 2.44 bits per heavy atom. The van der Waals surface area contributed by atoms with Crippen LogP contribution in [0.15, 0.2) is 12.1 Å². The Labute approximate surface area is 150 Å². The minimum atomic E-state index is -0.568. The maximum atomic E-state index is 12.0. The van der Waals surface area contributed by atoms with Gasteiger partial charge < -0.3 is 15.4 Å². The number of amides is 2. The van der Waals surface area contributed by atoms with Crippen LogP contribution in [0.4, 0.5) is 0 Å². The number of rotatable bonds is 7. The molecule has 136 valence electrons. The predicted molar refractivity (Wildman–Crippen MR) is 92.1 cm³/mol. The van der Waals surface area contributed by atoms with Crippen molar-refractivity contribution in [3.05, 3.63) is 21.9 Å². The Balaban J connectivity index is 1.67. The molecule has 8 heteroatoms. The molecule has 1 aromatic heterocycles. The zero-order valence-corrected chi connectivity index (χ0v) is 15.0. The standard InChI is InChI=1S/C17H22N2O5S/c1-11-2-4-14(25-11)13(20)3-5-16(22)24-10-15(21)19-8-6-12(7-9-19)17(18)23/h2,4,12H,3,5-10H2,1H3,(H2,18,23). The van der Waals surface area contributed by atoms with Crippen molar-refractivity contribution in [2.45, 2.75) is 32.6 Å². The van der Waals surface area contributed by atoms with Crippen molar-refractivity contribution in [2.75, 3.05) is 19.7 Å². The number of ketones is 1. The summed E-state index contributed by atoms with van der Waals surface area (Å²) in [5, 5.41) is 0. The minimum Gasteiger partial charge on any atom is -0.456 e. The maximum Gasteiger partial charge on any atom is 0.306 e. The van der Waals surface area contributed by atoms with E-state index in [1.165, 1.54) is 11.3 Å². The Morgan fingerprint density at radius 2 is 1.88 bits per heavy atom. The van der Waals surface area contributed by atoms with E-state index in [0.29, 0.717) is 30.8 Å². The molecule has 2 amide bonds. The van der Waals surface area contributed by atoms with Crippen LogP contribution < -0.4 is 5.73 Å². The molecular formula is C17H22N2O5S. The summed E-state index contributed by atoms with van der Waals surface area (Å²) in [6, 6.07) is 3.60. The Morgan fingerprint density at radius 1 is 1.20 bits per heavy atom. The van der Waals surface area contributed by atoms with Crippen LogP contribution in [0.25, 0.3) is 0 Å². The molecule has 0 bridgehead atoms. The van der Waals surface area contributed by atoms with Gasteiger partial charge >= 0.3 is 5.97 Å². The van der Waals surface area contributed by atoms with Crippen LogP contribution in [-0.4, -0.2) is 48.2 Å². The topological polar surface area (TPSA) is 107 Å². The minimum absolute atomic E-state index is 0.0488. The molecule has 2 heterocycles. The quantitative estimate of drug-likeness (QED) is 0.578. The number of hydrogen-bond acceptors (Lipinski definition) is 6. The lowest BCUT2D eigenvalue weighted by atomic mass is 9.96. The third-order valence-electron chi connectivity index (χ3n) is 4.18. The highest BCUT2D eigenvalue weighted by atomic mass is 32.1. The molecular weight excluding hydrogens is 344 g/mol. The van der Waals surface area contributed by atoms with Crippen molar-refractivity contribution in [3.8, 4) is 0 Å². The summed E-state index contributed by atoms with van der Waals surface area (Å²) >= 11 is 1.39. The van der Waals surface area contributed by atoms with E-state index in [-0.39, 0.29) is 43.0 Å². The van der Waals surface area contributed by atoms with Crippen molar-refractivity contribution in [1.29, 1.82) is 0 Å². The van der Waals surface area contributed by atoms with Crippen molar-refractivity contribution in [1.82, 2.24) is 4.90 Å². The number of piperidine rings is 1. The molecule has 1 aromatic rings. The van der Waals surface area contributed by atoms with E-state index in [4.69, 9.17) is 10.5 Å². The molecule has 0 aromatic carbocycles. The third kappa shape index (κ3) is 5.67. The van der Waals surface area contributed by atoms with Gasteiger partial charge in [0.15, 0.2) is 12.4 Å². The number of hydrogen-bond donors (Lipinski definition) is 1. The number of carbonyl (C=O) groups is 4. The fourth-order valence-corrected chi connectivity index (χ4v) is 3.48. The number of aryl methyl sites for hydroxylation is 1. The Bertz CT molecular complexity index is 662. The number of esters is 1. The van der Waals surface area contributed by atoms with Crippen LogP contribution in [0.5, 0.6) is 0 Å². The van der Waals surface area contributed by atoms with Gasteiger partial charge in [-0.25, -0.2) is 0 Å². The van der Waals surface area contributed by atoms with Gasteiger partial charge in [-0.2, -0.15) is 0 Å². The van der Waals surface area contributed by atoms with Crippen LogP contribution in [0, 0.1) is 12.8 Å². The summed E-state index contributed by atoms with van der Waals surface area (Å²) in [7, 11) is 0. The van der Waals surface area contributed by atoms with E-state index in [1.54, 1.807) is 11.0 Å². The van der Waals surface area contributed by atoms with Crippen LogP contribution in [-0.2, 0) is 19.1 Å². The fourth-order valence-electron chi connectivity index (χ4n) is 2.64. The number of nitrogens with two attached hydrogens (primary N) is 1. The van der Waals surface area contributed by atoms with Gasteiger partial charge in [-0.05, 0) is 31.9 Å². The zero-order chi connectivity index (χ0) is 18.4. The van der Waals surface area contributed by atoms with E-state index in [1.807, 2.05) is 13.0 Å². The Kier molecular flexibility index (Phi) is 6.69. The Hall–Kier alpha value is -2.22. The number of carbonyl (C=O) groups excluding carboxylic acids is 4. The van der Waals surface area contributed by atoms with E-state index in [9.17, 15) is 19.2 Å². The summed E-state index contributed by atoms with van der Waals surface area (Å²) in [4.78, 5) is 50.0. The first kappa shape index (κ1) is 19.1. The van der Waals surface area contributed by atoms with Gasteiger partial charge in [0.05, 0.1) is 11.3 Å². The van der Waals surface area contributed by atoms with Crippen molar-refractivity contribution in [2.24, 2.45) is 11.7 Å². The first-order chi connectivity index (χ1) is 11.9. The molecule has 0 aliphatic carbocycles. The van der Waals surface area contributed by atoms with E-state index in [2.05, 4.69) is 0 Å². The van der Waals surface area contributed by atoms with Gasteiger partial charge in [-0.1, -0.05) is 0 Å². The number of likely N-dealkylation sites (tertiary alicyclic amines) is 1. The fraction of sp³-hybridized carbons (Fsp3) is 0.529. The molecule has 25 heavy (non-hydrogen) atoms. The van der Waals surface area contributed by atoms with Crippen LogP contribution in [0.1, 0.15) is 40.2 Å². The average molecular weight is 366 g/mol. The van der Waals surface area contributed by atoms with Crippen LogP contribution in [0.2, 0.25) is 0 Å². The predicted octanol–water partition coefficient (Wildman–Crippen LogP) is 1.29. The lowest BCUT2D eigenvalue weighted by molar-refractivity contribution is -0.152. The number of Topliss-reactive ketones (excluding diaryl/α,β-unsaturated/α-hetero) is 1. The summed E-state index contributed by atoms with van der Waals surface area (Å²) in [6.45, 7) is 2.43. The smallest absolute Gasteiger partial charge is 0.306 e. The monoisotopic (exact) mass is 366 g/mol. The first-order valence-corrected chi connectivity index (χ1v) is 9.01. The second-order valence-electron chi connectivity index (χ2n) is 6.05. The molecule has 2 rings (SSSR count). The second-order valence-corrected chi connectivity index (χ2v) is 7.34. The lowest BCUT2D eigenvalue weighted by Crippen LogP contribution is -2.43. The van der Waals surface area contributed by atoms with Gasteiger partial charge in [0.2, 0.25) is 5.91 Å². The average Bonchev–Trinajstić information content (AvgIpc) is 3.04. The highest BCUT2D eigenvalue weighted by Gasteiger charge is 2.26. The molecule has 2 N–H and O–H groups in total. The summed E-state index contributed by atoms with van der Waals surface area (Å²) in [6.07, 6.45) is 1.08. The molecule has 1 saturated heterocycles. The zero-order valence-electron chi connectivity index (χ0n) is 14.2. The first-order valence-electron chi connectivity index (χ1n) is 8.19. The molecule has 0 saturated carbocycles. The number of thiophene rings is 1. The highest BCUT2D eigenvalue weighted by Crippen LogP contribution is 2.18. The van der Waals surface area contributed by atoms with Gasteiger partial charge in [-0.15, -0.1) is 11.3 Å². The molecule has 0 spiro atoms. The molecule has 1 aliphatic heterocycles. The van der Waals surface area contributed by atoms with Gasteiger partial charge in [0, 0.05) is 30.3 Å². The molecule has 0 unspecified atom stereocenters. The third-order valence-corrected chi connectivity index (χ3v) is 5.22. The SMILES string of the molecule is Cc1ccc(C(=O)CCC(=O)OCC(=O)N2CCC(C(N)=O)CC2)s1. The number of primary amides is 1. The summed E-state index contributed by atoms with van der Waals surface area (Å²) in [5.74, 6) is -1.50. The molecule has 0 atom stereocenters. The van der Waals surface area contributed by atoms with Gasteiger partial charge in [-0.3, -0.25) is 19.2 Å². The van der Waals surface area contributed by atoms with E-state index < -0.39 is 5.97 Å². The van der Waals surface area contributed by atoms with Gasteiger partial charge in [0.1, 0.15) is 0 Å². The van der Waals surface area contributed by atoms with E-state index in [0.717, 1.165) is 4.88 Å². The molecule has 7 nitrogen and oxygen atoms in total. The molecule has 1 fully saturated rings. The van der Waals surface area contributed by atoms with Crippen molar-refractivity contribution < 1.29 is 23.9 Å². The van der Waals surface area contributed by atoms with Gasteiger partial charge in [0.25, 0.3) is 5.91 Å². The van der Waals surface area contributed by atoms with Crippen molar-refractivity contribution >= 4 is 34.9 Å². The van der Waals surface area contributed by atoms with Crippen LogP contribution in [0.3, 0.4) is 0 Å². The van der Waals surface area contributed by atoms with Crippen LogP contribution >= 0.6 is 11.3 Å². The normalized spacial score (nSPS) is 15.0. The molecule has 0 radical (unpaired) electrons. The number of ether oxygens (including phenoxy) is 1. The highest BCUT2D eigenvalue weighted by molar-refractivity contribution is 7.14. The maximum absolute atomic E-state index is 12.0. The number of nitrogens with zero attached hydrogens (tertiary/aromatic N) is 1.